The maximum atomic E-state index is 12.2. The van der Waals surface area contributed by atoms with Crippen molar-refractivity contribution >= 4 is 24.0 Å². The summed E-state index contributed by atoms with van der Waals surface area (Å²) in [6.45, 7) is -0.592. The van der Waals surface area contributed by atoms with Crippen LogP contribution >= 0.6 is 24.0 Å². The van der Waals surface area contributed by atoms with Crippen molar-refractivity contribution in [2.45, 2.75) is 6.04 Å². The summed E-state index contributed by atoms with van der Waals surface area (Å²) in [5.41, 5.74) is 6.18. The molecule has 0 aliphatic heterocycles. The second kappa shape index (κ2) is 6.06. The summed E-state index contributed by atoms with van der Waals surface area (Å²) in [7, 11) is 1.51. The molecule has 2 nitrogen and oxygen atoms in total. The number of ether oxygens (including phenoxy) is 1. The molecule has 0 fully saturated rings. The lowest BCUT2D eigenvalue weighted by molar-refractivity contribution is 0.410. The number of hydrogen-bond acceptors (Lipinski definition) is 2. The molecule has 0 aromatic heterocycles. The van der Waals surface area contributed by atoms with E-state index in [-0.39, 0.29) is 12.4 Å². The molecule has 0 radical (unpaired) electrons. The number of rotatable bonds is 3. The number of halogens is 3. The lowest BCUT2D eigenvalue weighted by Crippen LogP contribution is -2.12. The summed E-state index contributed by atoms with van der Waals surface area (Å²) in [5, 5.41) is 0.498. The van der Waals surface area contributed by atoms with Crippen LogP contribution in [-0.4, -0.2) is 13.8 Å². The first-order chi connectivity index (χ1) is 6.19. The van der Waals surface area contributed by atoms with Crippen LogP contribution < -0.4 is 10.5 Å². The average molecular weight is 240 g/mol. The van der Waals surface area contributed by atoms with E-state index >= 15 is 0 Å². The van der Waals surface area contributed by atoms with Crippen LogP contribution in [0.5, 0.6) is 5.75 Å². The van der Waals surface area contributed by atoms with Gasteiger partial charge in [0.25, 0.3) is 0 Å². The summed E-state index contributed by atoms with van der Waals surface area (Å²) in [6, 6.07) is 4.37. The Kier molecular flexibility index (Phi) is 5.84. The van der Waals surface area contributed by atoms with Crippen molar-refractivity contribution in [2.24, 2.45) is 5.73 Å². The largest absolute Gasteiger partial charge is 0.495 e. The molecule has 0 amide bonds. The molecular weight excluding hydrogens is 228 g/mol. The topological polar surface area (TPSA) is 35.2 Å². The zero-order valence-electron chi connectivity index (χ0n) is 7.67. The highest BCUT2D eigenvalue weighted by molar-refractivity contribution is 6.32. The van der Waals surface area contributed by atoms with Gasteiger partial charge in [-0.25, -0.2) is 4.39 Å². The molecular formula is C9H12Cl2FNO. The van der Waals surface area contributed by atoms with E-state index < -0.39 is 12.7 Å². The van der Waals surface area contributed by atoms with Gasteiger partial charge in [0.2, 0.25) is 0 Å². The van der Waals surface area contributed by atoms with E-state index in [4.69, 9.17) is 22.1 Å². The maximum absolute atomic E-state index is 12.2. The van der Waals surface area contributed by atoms with Gasteiger partial charge in [-0.05, 0) is 17.7 Å². The van der Waals surface area contributed by atoms with Crippen molar-refractivity contribution in [3.8, 4) is 5.75 Å². The molecule has 0 heterocycles. The van der Waals surface area contributed by atoms with Crippen molar-refractivity contribution in [2.75, 3.05) is 13.8 Å². The van der Waals surface area contributed by atoms with Crippen LogP contribution in [0, 0.1) is 0 Å². The number of hydrogen-bond donors (Lipinski definition) is 1. The van der Waals surface area contributed by atoms with Gasteiger partial charge in [0, 0.05) is 0 Å². The molecule has 0 aliphatic rings. The Balaban J connectivity index is 0.00000169. The Morgan fingerprint density at radius 3 is 2.71 bits per heavy atom. The first-order valence-electron chi connectivity index (χ1n) is 3.84. The van der Waals surface area contributed by atoms with Crippen molar-refractivity contribution < 1.29 is 9.13 Å². The van der Waals surface area contributed by atoms with E-state index in [0.717, 1.165) is 0 Å². The molecule has 0 bridgehead atoms. The molecule has 0 saturated heterocycles. The zero-order chi connectivity index (χ0) is 9.84. The minimum absolute atomic E-state index is 0. The van der Waals surface area contributed by atoms with Gasteiger partial charge in [-0.15, -0.1) is 12.4 Å². The second-order valence-corrected chi connectivity index (χ2v) is 3.06. The van der Waals surface area contributed by atoms with Gasteiger partial charge in [0.1, 0.15) is 12.4 Å². The van der Waals surface area contributed by atoms with E-state index in [2.05, 4.69) is 0 Å². The van der Waals surface area contributed by atoms with E-state index in [1.165, 1.54) is 7.11 Å². The first-order valence-corrected chi connectivity index (χ1v) is 4.21. The first kappa shape index (κ1) is 13.5. The number of alkyl halides is 1. The van der Waals surface area contributed by atoms with Gasteiger partial charge in [-0.2, -0.15) is 0 Å². The fourth-order valence-corrected chi connectivity index (χ4v) is 1.19. The lowest BCUT2D eigenvalue weighted by Gasteiger charge is -2.09. The van der Waals surface area contributed by atoms with E-state index in [9.17, 15) is 4.39 Å². The fourth-order valence-electron chi connectivity index (χ4n) is 0.996. The van der Waals surface area contributed by atoms with Crippen molar-refractivity contribution in [1.29, 1.82) is 0 Å². The maximum Gasteiger partial charge on any atom is 0.137 e. The van der Waals surface area contributed by atoms with Crippen LogP contribution in [0.4, 0.5) is 4.39 Å². The molecule has 5 heteroatoms. The van der Waals surface area contributed by atoms with Gasteiger partial charge < -0.3 is 10.5 Å². The third-order valence-electron chi connectivity index (χ3n) is 1.77. The average Bonchev–Trinajstić information content (AvgIpc) is 2.17. The highest BCUT2D eigenvalue weighted by atomic mass is 35.5. The predicted octanol–water partition coefficient (Wildman–Crippen LogP) is 2.74. The fraction of sp³-hybridized carbons (Fsp3) is 0.333. The molecule has 2 N–H and O–H groups in total. The zero-order valence-corrected chi connectivity index (χ0v) is 9.24. The van der Waals surface area contributed by atoms with Crippen LogP contribution in [0.3, 0.4) is 0 Å². The number of methoxy groups -OCH3 is 1. The summed E-state index contributed by atoms with van der Waals surface area (Å²) in [5.74, 6) is 0.517. The highest BCUT2D eigenvalue weighted by Gasteiger charge is 2.08. The molecule has 0 saturated carbocycles. The Hall–Kier alpha value is -0.510. The van der Waals surface area contributed by atoms with Gasteiger partial charge in [0.05, 0.1) is 18.2 Å². The van der Waals surface area contributed by atoms with Crippen LogP contribution in [0.15, 0.2) is 18.2 Å². The van der Waals surface area contributed by atoms with Gasteiger partial charge >= 0.3 is 0 Å². The van der Waals surface area contributed by atoms with E-state index in [1.807, 2.05) is 0 Å². The monoisotopic (exact) mass is 239 g/mol. The Morgan fingerprint density at radius 2 is 2.21 bits per heavy atom. The summed E-state index contributed by atoms with van der Waals surface area (Å²) >= 11 is 5.78. The third kappa shape index (κ3) is 3.01. The standard InChI is InChI=1S/C9H11ClFNO.ClH/c1-13-9-4-6(8(12)5-11)2-3-7(9)10;/h2-4,8H,5,12H2,1H3;1H/t8-;/m1./s1. The van der Waals surface area contributed by atoms with Gasteiger partial charge in [0.15, 0.2) is 0 Å². The molecule has 14 heavy (non-hydrogen) atoms. The molecule has 0 aliphatic carbocycles. The molecule has 1 rings (SSSR count). The number of nitrogens with two attached hydrogens (primary N) is 1. The minimum atomic E-state index is -0.605. The summed E-state index contributed by atoms with van der Waals surface area (Å²) in [6.07, 6.45) is 0. The summed E-state index contributed by atoms with van der Waals surface area (Å²) in [4.78, 5) is 0. The quantitative estimate of drug-likeness (QED) is 0.881. The van der Waals surface area contributed by atoms with Crippen molar-refractivity contribution in [1.82, 2.24) is 0 Å². The van der Waals surface area contributed by atoms with E-state index in [1.54, 1.807) is 18.2 Å². The van der Waals surface area contributed by atoms with Crippen LogP contribution in [-0.2, 0) is 0 Å². The molecule has 1 aromatic carbocycles. The predicted molar refractivity (Wildman–Crippen MR) is 58.2 cm³/mol. The Labute approximate surface area is 93.6 Å². The second-order valence-electron chi connectivity index (χ2n) is 2.65. The minimum Gasteiger partial charge on any atom is -0.495 e. The lowest BCUT2D eigenvalue weighted by atomic mass is 10.1. The molecule has 0 unspecified atom stereocenters. The molecule has 0 spiro atoms. The molecule has 1 atom stereocenters. The normalized spacial score (nSPS) is 11.7. The van der Waals surface area contributed by atoms with Crippen LogP contribution in [0.1, 0.15) is 11.6 Å². The SMILES string of the molecule is COc1cc([C@H](N)CF)ccc1Cl.Cl. The molecule has 80 valence electrons. The van der Waals surface area contributed by atoms with Crippen LogP contribution in [0.25, 0.3) is 0 Å². The summed E-state index contributed by atoms with van der Waals surface area (Å²) < 4.78 is 17.2. The van der Waals surface area contributed by atoms with Crippen LogP contribution in [0.2, 0.25) is 5.02 Å². The van der Waals surface area contributed by atoms with Gasteiger partial charge in [-0.3, -0.25) is 0 Å². The Morgan fingerprint density at radius 1 is 1.57 bits per heavy atom. The third-order valence-corrected chi connectivity index (χ3v) is 2.08. The smallest absolute Gasteiger partial charge is 0.137 e. The van der Waals surface area contributed by atoms with Crippen molar-refractivity contribution in [3.63, 3.8) is 0 Å². The van der Waals surface area contributed by atoms with Gasteiger partial charge in [-0.1, -0.05) is 17.7 Å². The Bertz CT molecular complexity index is 296. The van der Waals surface area contributed by atoms with Crippen molar-refractivity contribution in [3.05, 3.63) is 28.8 Å². The van der Waals surface area contributed by atoms with E-state index in [0.29, 0.717) is 16.3 Å². The number of benzene rings is 1. The molecule has 1 aromatic rings. The highest BCUT2D eigenvalue weighted by Crippen LogP contribution is 2.27.